The molecule has 0 aliphatic heterocycles. The molecule has 0 unspecified atom stereocenters. The Hall–Kier alpha value is -3.15. The highest BCUT2D eigenvalue weighted by molar-refractivity contribution is 5.97. The Morgan fingerprint density at radius 3 is 2.28 bits per heavy atom. The van der Waals surface area contributed by atoms with Crippen molar-refractivity contribution in [2.24, 2.45) is 7.05 Å². The molecule has 0 spiro atoms. The van der Waals surface area contributed by atoms with Gasteiger partial charge in [-0.05, 0) is 33.4 Å². The number of alkyl halides is 3. The monoisotopic (exact) mass is 513 g/mol. The molecule has 0 bridgehead atoms. The summed E-state index contributed by atoms with van der Waals surface area (Å²) in [5, 5.41) is 7.92. The van der Waals surface area contributed by atoms with Gasteiger partial charge in [-0.25, -0.2) is 14.4 Å². The highest BCUT2D eigenvalue weighted by Crippen LogP contribution is 2.43. The Bertz CT molecular complexity index is 1190. The van der Waals surface area contributed by atoms with Crippen molar-refractivity contribution in [3.63, 3.8) is 0 Å². The molecule has 0 saturated heterocycles. The van der Waals surface area contributed by atoms with Crippen LogP contribution in [-0.2, 0) is 13.2 Å². The first-order valence-corrected chi connectivity index (χ1v) is 11.8. The number of hydrogen-bond donors (Lipinski definition) is 2. The number of methoxy groups -OCH3 is 1. The summed E-state index contributed by atoms with van der Waals surface area (Å²) < 4.78 is 64.2. The predicted molar refractivity (Wildman–Crippen MR) is 135 cm³/mol. The molecule has 36 heavy (non-hydrogen) atoms. The van der Waals surface area contributed by atoms with Gasteiger partial charge in [-0.1, -0.05) is 27.2 Å². The summed E-state index contributed by atoms with van der Waals surface area (Å²) in [6.45, 7) is 9.86. The van der Waals surface area contributed by atoms with Gasteiger partial charge in [-0.2, -0.15) is 18.3 Å². The fraction of sp³-hybridized carbons (Fsp3) is 0.542. The zero-order chi connectivity index (χ0) is 27.4. The van der Waals surface area contributed by atoms with Crippen molar-refractivity contribution in [3.05, 3.63) is 23.1 Å². The molecular weight excluding hydrogens is 478 g/mol. The first-order chi connectivity index (χ1) is 16.9. The highest BCUT2D eigenvalue weighted by atomic mass is 19.4. The van der Waals surface area contributed by atoms with Crippen LogP contribution in [-0.4, -0.2) is 46.6 Å². The number of nitrogen functional groups attached to an aromatic ring is 1. The number of rotatable bonds is 7. The fourth-order valence-electron chi connectivity index (χ4n) is 4.14. The molecule has 0 aliphatic carbocycles. The maximum absolute atomic E-state index is 15.9. The van der Waals surface area contributed by atoms with Crippen LogP contribution < -0.4 is 20.7 Å². The van der Waals surface area contributed by atoms with E-state index < -0.39 is 28.8 Å². The topological polar surface area (TPSA) is 94.1 Å². The van der Waals surface area contributed by atoms with Crippen LogP contribution >= 0.6 is 0 Å². The molecule has 3 rings (SSSR count). The number of halogens is 4. The molecule has 0 radical (unpaired) electrons. The van der Waals surface area contributed by atoms with E-state index in [1.54, 1.807) is 7.05 Å². The van der Waals surface area contributed by atoms with Gasteiger partial charge < -0.3 is 20.7 Å². The Kier molecular flexibility index (Phi) is 9.47. The van der Waals surface area contributed by atoms with Crippen LogP contribution in [0.2, 0.25) is 0 Å². The number of nitrogens with two attached hydrogens (primary N) is 1. The Morgan fingerprint density at radius 1 is 1.19 bits per heavy atom. The van der Waals surface area contributed by atoms with Crippen LogP contribution in [0.5, 0.6) is 5.88 Å². The van der Waals surface area contributed by atoms with Crippen LogP contribution in [0.1, 0.15) is 51.8 Å². The number of anilines is 2. The van der Waals surface area contributed by atoms with Gasteiger partial charge in [0.2, 0.25) is 5.88 Å². The minimum atomic E-state index is -4.80. The smallest absolute Gasteiger partial charge is 0.418 e. The Labute approximate surface area is 208 Å². The lowest BCUT2D eigenvalue weighted by molar-refractivity contribution is -0.137. The number of aryl methyl sites for hydroxylation is 2. The fourth-order valence-corrected chi connectivity index (χ4v) is 4.14. The van der Waals surface area contributed by atoms with Crippen LogP contribution in [0.25, 0.3) is 22.2 Å². The zero-order valence-corrected chi connectivity index (χ0v) is 22.0. The van der Waals surface area contributed by atoms with E-state index in [9.17, 15) is 13.2 Å². The number of hydrogen-bond acceptors (Lipinski definition) is 7. The SMILES string of the molecule is CCC.CC[C@H](NC)N(CC)c1nn(C)c2c(F)c(-c3cc(N)nc(C)c3C(F)(F)F)nc(OC)c12. The molecule has 1 atom stereocenters. The van der Waals surface area contributed by atoms with Crippen molar-refractivity contribution in [2.45, 2.75) is 59.8 Å². The third-order valence-corrected chi connectivity index (χ3v) is 5.53. The molecule has 3 heterocycles. The number of fused-ring (bicyclic) bond motifs is 1. The van der Waals surface area contributed by atoms with Crippen molar-refractivity contribution in [2.75, 3.05) is 31.3 Å². The second-order valence-corrected chi connectivity index (χ2v) is 8.21. The van der Waals surface area contributed by atoms with Crippen molar-refractivity contribution in [3.8, 4) is 17.1 Å². The molecule has 0 aliphatic rings. The molecule has 3 aromatic rings. The lowest BCUT2D eigenvalue weighted by Gasteiger charge is -2.30. The summed E-state index contributed by atoms with van der Waals surface area (Å²) in [5.74, 6) is -0.780. The van der Waals surface area contributed by atoms with Gasteiger partial charge in [-0.3, -0.25) is 4.68 Å². The second-order valence-electron chi connectivity index (χ2n) is 8.21. The van der Waals surface area contributed by atoms with Gasteiger partial charge in [0.25, 0.3) is 0 Å². The van der Waals surface area contributed by atoms with Gasteiger partial charge in [0.15, 0.2) is 11.6 Å². The summed E-state index contributed by atoms with van der Waals surface area (Å²) in [7, 11) is 4.64. The first kappa shape index (κ1) is 29.1. The standard InChI is InChI=1S/C21H27F4N7O.C3H8/c1-7-13(27-4)32(8-2)19-14-18(31(5)30-19)16(22)17(29-20(14)33-6)11-9-12(26)28-10(3)15(11)21(23,24)25;1-3-2/h9,13,27H,7-8H2,1-6H3,(H2,26,28);3H2,1-2H3/t13-;/m1./s1. The number of nitrogens with zero attached hydrogens (tertiary/aromatic N) is 5. The van der Waals surface area contributed by atoms with Gasteiger partial charge in [-0.15, -0.1) is 0 Å². The Balaban J connectivity index is 0.00000145. The van der Waals surface area contributed by atoms with Crippen molar-refractivity contribution in [1.29, 1.82) is 0 Å². The van der Waals surface area contributed by atoms with Crippen LogP contribution in [0.4, 0.5) is 29.2 Å². The Morgan fingerprint density at radius 2 is 1.81 bits per heavy atom. The molecule has 0 saturated carbocycles. The maximum atomic E-state index is 15.9. The number of nitrogens with one attached hydrogen (secondary N) is 1. The van der Waals surface area contributed by atoms with E-state index in [2.05, 4.69) is 34.2 Å². The molecule has 3 aromatic heterocycles. The lowest BCUT2D eigenvalue weighted by atomic mass is 10.0. The first-order valence-electron chi connectivity index (χ1n) is 11.8. The average Bonchev–Trinajstić information content (AvgIpc) is 3.14. The van der Waals surface area contributed by atoms with E-state index in [-0.39, 0.29) is 34.5 Å². The lowest BCUT2D eigenvalue weighted by Crippen LogP contribution is -2.44. The van der Waals surface area contributed by atoms with Crippen LogP contribution in [0, 0.1) is 12.7 Å². The molecule has 0 fully saturated rings. The largest absolute Gasteiger partial charge is 0.480 e. The van der Waals surface area contributed by atoms with E-state index >= 15 is 4.39 Å². The number of ether oxygens (including phenoxy) is 1. The predicted octanol–water partition coefficient (Wildman–Crippen LogP) is 5.29. The van der Waals surface area contributed by atoms with Gasteiger partial charge in [0.1, 0.15) is 22.4 Å². The van der Waals surface area contributed by atoms with E-state index in [0.29, 0.717) is 12.4 Å². The van der Waals surface area contributed by atoms with Crippen molar-refractivity contribution < 1.29 is 22.3 Å². The normalized spacial score (nSPS) is 12.3. The van der Waals surface area contributed by atoms with E-state index in [1.807, 2.05) is 18.7 Å². The van der Waals surface area contributed by atoms with E-state index in [4.69, 9.17) is 10.5 Å². The summed E-state index contributed by atoms with van der Waals surface area (Å²) in [5.41, 5.74) is 3.14. The third-order valence-electron chi connectivity index (χ3n) is 5.53. The van der Waals surface area contributed by atoms with Gasteiger partial charge in [0, 0.05) is 19.2 Å². The van der Waals surface area contributed by atoms with Crippen LogP contribution in [0.3, 0.4) is 0 Å². The summed E-state index contributed by atoms with van der Waals surface area (Å²) in [4.78, 5) is 9.78. The number of aromatic nitrogens is 4. The molecule has 200 valence electrons. The summed E-state index contributed by atoms with van der Waals surface area (Å²) in [6.07, 6.45) is -2.93. The second kappa shape index (κ2) is 11.7. The molecule has 8 nitrogen and oxygen atoms in total. The molecule has 0 amide bonds. The molecular formula is C24H35F4N7O. The summed E-state index contributed by atoms with van der Waals surface area (Å²) in [6, 6.07) is 0.969. The van der Waals surface area contributed by atoms with E-state index in [0.717, 1.165) is 12.5 Å². The van der Waals surface area contributed by atoms with Crippen molar-refractivity contribution >= 4 is 22.5 Å². The minimum Gasteiger partial charge on any atom is -0.480 e. The third kappa shape index (κ3) is 5.48. The average molecular weight is 514 g/mol. The van der Waals surface area contributed by atoms with Crippen molar-refractivity contribution in [1.82, 2.24) is 25.1 Å². The molecule has 3 N–H and O–H groups in total. The quantitative estimate of drug-likeness (QED) is 0.328. The highest BCUT2D eigenvalue weighted by Gasteiger charge is 2.38. The maximum Gasteiger partial charge on any atom is 0.418 e. The molecule has 0 aromatic carbocycles. The van der Waals surface area contributed by atoms with E-state index in [1.165, 1.54) is 32.2 Å². The van der Waals surface area contributed by atoms with Crippen LogP contribution in [0.15, 0.2) is 6.07 Å². The molecule has 12 heteroatoms. The van der Waals surface area contributed by atoms with Gasteiger partial charge in [0.05, 0.1) is 24.5 Å². The van der Waals surface area contributed by atoms with Gasteiger partial charge >= 0.3 is 6.18 Å². The summed E-state index contributed by atoms with van der Waals surface area (Å²) >= 11 is 0. The zero-order valence-electron chi connectivity index (χ0n) is 22.0. The number of pyridine rings is 2. The minimum absolute atomic E-state index is 0.0302.